The van der Waals surface area contributed by atoms with Gasteiger partial charge in [-0.05, 0) is 37.5 Å². The SMILES string of the molecule is CC1CC(F)C(C2CC(F)C(C(F)(F)C(F)(F)F)C(F)C2)C(F)C1. The van der Waals surface area contributed by atoms with Crippen molar-refractivity contribution in [3.8, 4) is 0 Å². The summed E-state index contributed by atoms with van der Waals surface area (Å²) in [7, 11) is 0. The molecule has 0 radical (unpaired) electrons. The minimum Gasteiger partial charge on any atom is -0.247 e. The Morgan fingerprint density at radius 2 is 1.08 bits per heavy atom. The molecule has 2 saturated carbocycles. The van der Waals surface area contributed by atoms with Crippen molar-refractivity contribution in [1.29, 1.82) is 0 Å². The molecule has 2 aliphatic rings. The summed E-state index contributed by atoms with van der Waals surface area (Å²) in [4.78, 5) is 0. The number of hydrogen-bond acceptors (Lipinski definition) is 0. The predicted octanol–water partition coefficient (Wildman–Crippen LogP) is 5.61. The van der Waals surface area contributed by atoms with Gasteiger partial charge in [0.1, 0.15) is 24.7 Å². The number of halogens is 9. The van der Waals surface area contributed by atoms with Crippen LogP contribution in [-0.2, 0) is 0 Å². The van der Waals surface area contributed by atoms with Crippen LogP contribution >= 0.6 is 0 Å². The van der Waals surface area contributed by atoms with Gasteiger partial charge in [0.05, 0.1) is 5.92 Å². The van der Waals surface area contributed by atoms with Crippen LogP contribution in [0.3, 0.4) is 0 Å². The minimum absolute atomic E-state index is 0.0162. The summed E-state index contributed by atoms with van der Waals surface area (Å²) in [6, 6.07) is 0. The normalized spacial score (nSPS) is 45.2. The highest BCUT2D eigenvalue weighted by Crippen LogP contribution is 2.52. The van der Waals surface area contributed by atoms with Crippen LogP contribution in [0.2, 0.25) is 0 Å². The average Bonchev–Trinajstić information content (AvgIpc) is 2.34. The zero-order valence-electron chi connectivity index (χ0n) is 12.8. The van der Waals surface area contributed by atoms with E-state index in [0.717, 1.165) is 0 Å². The zero-order chi connectivity index (χ0) is 18.4. The summed E-state index contributed by atoms with van der Waals surface area (Å²) >= 11 is 0. The number of hydrogen-bond donors (Lipinski definition) is 0. The Bertz CT molecular complexity index is 411. The fourth-order valence-corrected chi connectivity index (χ4v) is 4.15. The number of alkyl halides is 9. The summed E-state index contributed by atoms with van der Waals surface area (Å²) < 4.78 is 120. The second-order valence-corrected chi connectivity index (χ2v) is 7.10. The Balaban J connectivity index is 2.16. The average molecular weight is 370 g/mol. The molecule has 2 aliphatic carbocycles. The molecule has 0 nitrogen and oxygen atoms in total. The standard InChI is InChI=1S/C15H19F9/c1-6-2-8(16)12(9(17)3-6)7-4-10(18)13(11(19)5-7)14(20,21)15(22,23)24/h6-13H,2-5H2,1H3. The molecule has 0 saturated heterocycles. The van der Waals surface area contributed by atoms with Crippen molar-refractivity contribution in [3.05, 3.63) is 0 Å². The molecule has 0 aromatic rings. The van der Waals surface area contributed by atoms with Crippen molar-refractivity contribution < 1.29 is 39.5 Å². The highest BCUT2D eigenvalue weighted by molar-refractivity contribution is 5.01. The third-order valence-electron chi connectivity index (χ3n) is 5.27. The molecule has 24 heavy (non-hydrogen) atoms. The molecule has 9 heteroatoms. The molecule has 0 aliphatic heterocycles. The highest BCUT2D eigenvalue weighted by atomic mass is 19.4. The van der Waals surface area contributed by atoms with E-state index in [4.69, 9.17) is 0 Å². The van der Waals surface area contributed by atoms with E-state index in [1.165, 1.54) is 0 Å². The van der Waals surface area contributed by atoms with Crippen molar-refractivity contribution in [2.75, 3.05) is 0 Å². The Kier molecular flexibility index (Phi) is 5.41. The lowest BCUT2D eigenvalue weighted by molar-refractivity contribution is -0.320. The molecule has 0 N–H and O–H groups in total. The Morgan fingerprint density at radius 1 is 0.667 bits per heavy atom. The zero-order valence-corrected chi connectivity index (χ0v) is 12.8. The van der Waals surface area contributed by atoms with Gasteiger partial charge >= 0.3 is 12.1 Å². The van der Waals surface area contributed by atoms with Gasteiger partial charge in [0.2, 0.25) is 0 Å². The van der Waals surface area contributed by atoms with E-state index in [1.54, 1.807) is 6.92 Å². The molecule has 4 unspecified atom stereocenters. The van der Waals surface area contributed by atoms with Gasteiger partial charge in [0.15, 0.2) is 0 Å². The monoisotopic (exact) mass is 370 g/mol. The van der Waals surface area contributed by atoms with Crippen molar-refractivity contribution in [2.24, 2.45) is 23.7 Å². The first kappa shape index (κ1) is 19.7. The minimum atomic E-state index is -6.08. The van der Waals surface area contributed by atoms with Gasteiger partial charge in [-0.3, -0.25) is 0 Å². The summed E-state index contributed by atoms with van der Waals surface area (Å²) in [6.07, 6.45) is -16.9. The van der Waals surface area contributed by atoms with Gasteiger partial charge < -0.3 is 0 Å². The lowest BCUT2D eigenvalue weighted by Gasteiger charge is -2.44. The van der Waals surface area contributed by atoms with Gasteiger partial charge in [-0.1, -0.05) is 6.92 Å². The number of rotatable bonds is 2. The van der Waals surface area contributed by atoms with E-state index in [2.05, 4.69) is 0 Å². The first-order valence-corrected chi connectivity index (χ1v) is 7.87. The molecule has 0 spiro atoms. The Morgan fingerprint density at radius 3 is 1.46 bits per heavy atom. The lowest BCUT2D eigenvalue weighted by Crippen LogP contribution is -2.55. The maximum atomic E-state index is 14.1. The van der Waals surface area contributed by atoms with Crippen molar-refractivity contribution >= 4 is 0 Å². The van der Waals surface area contributed by atoms with Crippen molar-refractivity contribution in [2.45, 2.75) is 69.4 Å². The fraction of sp³-hybridized carbons (Fsp3) is 1.00. The summed E-state index contributed by atoms with van der Waals surface area (Å²) in [5.41, 5.74) is 0. The van der Waals surface area contributed by atoms with Gasteiger partial charge in [0, 0.05) is 5.92 Å². The molecule has 0 aromatic heterocycles. The first-order valence-electron chi connectivity index (χ1n) is 7.87. The Hall–Kier alpha value is -0.630. The van der Waals surface area contributed by atoms with Crippen LogP contribution in [-0.4, -0.2) is 36.8 Å². The smallest absolute Gasteiger partial charge is 0.247 e. The largest absolute Gasteiger partial charge is 0.453 e. The van der Waals surface area contributed by atoms with Crippen LogP contribution in [0.5, 0.6) is 0 Å². The van der Waals surface area contributed by atoms with Gasteiger partial charge in [-0.15, -0.1) is 0 Å². The molecule has 0 amide bonds. The maximum absolute atomic E-state index is 14.1. The fourth-order valence-electron chi connectivity index (χ4n) is 4.15. The molecule has 0 aromatic carbocycles. The second kappa shape index (κ2) is 6.59. The van der Waals surface area contributed by atoms with Crippen LogP contribution < -0.4 is 0 Å². The third kappa shape index (κ3) is 3.49. The molecule has 4 atom stereocenters. The van der Waals surface area contributed by atoms with E-state index in [9.17, 15) is 39.5 Å². The lowest BCUT2D eigenvalue weighted by atomic mass is 9.66. The second-order valence-electron chi connectivity index (χ2n) is 7.10. The summed E-state index contributed by atoms with van der Waals surface area (Å²) in [6.45, 7) is 1.62. The first-order chi connectivity index (χ1) is 10.9. The molecular weight excluding hydrogens is 351 g/mol. The molecule has 142 valence electrons. The highest BCUT2D eigenvalue weighted by Gasteiger charge is 2.68. The van der Waals surface area contributed by atoms with E-state index >= 15 is 0 Å². The van der Waals surface area contributed by atoms with Gasteiger partial charge in [-0.25, -0.2) is 17.6 Å². The quantitative estimate of drug-likeness (QED) is 0.555. The van der Waals surface area contributed by atoms with Crippen molar-refractivity contribution in [3.63, 3.8) is 0 Å². The Labute approximate surface area is 133 Å². The molecule has 0 heterocycles. The molecule has 2 rings (SSSR count). The molecular formula is C15H19F9. The van der Waals surface area contributed by atoms with Crippen LogP contribution in [0, 0.1) is 23.7 Å². The maximum Gasteiger partial charge on any atom is 0.453 e. The van der Waals surface area contributed by atoms with E-state index in [-0.39, 0.29) is 18.8 Å². The van der Waals surface area contributed by atoms with E-state index in [1.807, 2.05) is 0 Å². The predicted molar refractivity (Wildman–Crippen MR) is 68.7 cm³/mol. The van der Waals surface area contributed by atoms with Crippen LogP contribution in [0.15, 0.2) is 0 Å². The van der Waals surface area contributed by atoms with Crippen molar-refractivity contribution in [1.82, 2.24) is 0 Å². The van der Waals surface area contributed by atoms with E-state index < -0.39 is 67.4 Å². The third-order valence-corrected chi connectivity index (χ3v) is 5.27. The van der Waals surface area contributed by atoms with Gasteiger partial charge in [-0.2, -0.15) is 22.0 Å². The summed E-state index contributed by atoms with van der Waals surface area (Å²) in [5.74, 6) is -11.6. The summed E-state index contributed by atoms with van der Waals surface area (Å²) in [5, 5.41) is 0. The van der Waals surface area contributed by atoms with Crippen LogP contribution in [0.25, 0.3) is 0 Å². The molecule has 2 fully saturated rings. The van der Waals surface area contributed by atoms with Gasteiger partial charge in [0.25, 0.3) is 0 Å². The molecule has 0 bridgehead atoms. The van der Waals surface area contributed by atoms with Crippen LogP contribution in [0.4, 0.5) is 39.5 Å². The van der Waals surface area contributed by atoms with Crippen LogP contribution in [0.1, 0.15) is 32.6 Å². The van der Waals surface area contributed by atoms with E-state index in [0.29, 0.717) is 0 Å². The topological polar surface area (TPSA) is 0 Å².